The zero-order chi connectivity index (χ0) is 18.5. The maximum absolute atomic E-state index is 13.6. The van der Waals surface area contributed by atoms with E-state index in [1.54, 1.807) is 30.3 Å². The molecule has 0 aliphatic rings. The van der Waals surface area contributed by atoms with E-state index in [0.717, 1.165) is 5.56 Å². The summed E-state index contributed by atoms with van der Waals surface area (Å²) in [6.07, 6.45) is -0.0842. The zero-order valence-corrected chi connectivity index (χ0v) is 14.5. The molecule has 0 spiro atoms. The van der Waals surface area contributed by atoms with Gasteiger partial charge >= 0.3 is 5.97 Å². The Balaban J connectivity index is 1.56. The third kappa shape index (κ3) is 4.37. The van der Waals surface area contributed by atoms with Crippen LogP contribution >= 0.6 is 11.6 Å². The normalized spacial score (nSPS) is 10.6. The van der Waals surface area contributed by atoms with E-state index in [9.17, 15) is 9.18 Å². The second kappa shape index (κ2) is 7.97. The Morgan fingerprint density at radius 3 is 2.69 bits per heavy atom. The molecule has 3 rings (SSSR count). The highest BCUT2D eigenvalue weighted by atomic mass is 35.5. The number of ether oxygens (including phenoxy) is 2. The van der Waals surface area contributed by atoms with Crippen LogP contribution in [0.25, 0.3) is 11.4 Å². The molecule has 0 amide bonds. The minimum absolute atomic E-state index is 0.0842. The third-order valence-corrected chi connectivity index (χ3v) is 3.74. The number of rotatable bonds is 6. The Morgan fingerprint density at radius 1 is 1.23 bits per heavy atom. The lowest BCUT2D eigenvalue weighted by molar-refractivity contribution is -0.144. The first-order chi connectivity index (χ1) is 12.5. The Morgan fingerprint density at radius 2 is 2.00 bits per heavy atom. The molecule has 1 heterocycles. The van der Waals surface area contributed by atoms with Gasteiger partial charge in [0.25, 0.3) is 5.89 Å². The van der Waals surface area contributed by atoms with Crippen LogP contribution in [-0.2, 0) is 22.6 Å². The molecule has 6 nitrogen and oxygen atoms in total. The standard InChI is InChI=1S/C18H14ClFN2O4/c1-24-15-7-2-11(8-14(15)20)9-17(23)25-10-16-21-18(22-26-16)12-3-5-13(19)6-4-12/h2-8H,9-10H2,1H3. The van der Waals surface area contributed by atoms with E-state index >= 15 is 0 Å². The second-order valence-corrected chi connectivity index (χ2v) is 5.76. The molecule has 26 heavy (non-hydrogen) atoms. The van der Waals surface area contributed by atoms with E-state index in [1.807, 2.05) is 0 Å². The van der Waals surface area contributed by atoms with Gasteiger partial charge in [0, 0.05) is 10.6 Å². The van der Waals surface area contributed by atoms with E-state index in [4.69, 9.17) is 25.6 Å². The number of halogens is 2. The first-order valence-corrected chi connectivity index (χ1v) is 7.99. The lowest BCUT2D eigenvalue weighted by Crippen LogP contribution is -2.08. The summed E-state index contributed by atoms with van der Waals surface area (Å²) in [5.74, 6) is -0.444. The summed E-state index contributed by atoms with van der Waals surface area (Å²) in [6, 6.07) is 11.2. The van der Waals surface area contributed by atoms with Gasteiger partial charge in [0.15, 0.2) is 18.2 Å². The van der Waals surface area contributed by atoms with Gasteiger partial charge in [-0.1, -0.05) is 22.8 Å². The Hall–Kier alpha value is -2.93. The molecule has 0 fully saturated rings. The molecule has 0 aliphatic heterocycles. The van der Waals surface area contributed by atoms with Crippen molar-refractivity contribution in [2.75, 3.05) is 7.11 Å². The highest BCUT2D eigenvalue weighted by Crippen LogP contribution is 2.20. The molecule has 0 aliphatic carbocycles. The summed E-state index contributed by atoms with van der Waals surface area (Å²) in [5, 5.41) is 4.42. The monoisotopic (exact) mass is 376 g/mol. The molecule has 0 N–H and O–H groups in total. The quantitative estimate of drug-likeness (QED) is 0.609. The predicted octanol–water partition coefficient (Wildman–Crippen LogP) is 3.82. The number of carbonyl (C=O) groups is 1. The van der Waals surface area contributed by atoms with Crippen LogP contribution in [-0.4, -0.2) is 23.2 Å². The van der Waals surface area contributed by atoms with Gasteiger partial charge in [-0.3, -0.25) is 4.79 Å². The van der Waals surface area contributed by atoms with E-state index in [-0.39, 0.29) is 24.7 Å². The minimum Gasteiger partial charge on any atom is -0.494 e. The lowest BCUT2D eigenvalue weighted by Gasteiger charge is -2.05. The van der Waals surface area contributed by atoms with Crippen molar-refractivity contribution in [3.63, 3.8) is 0 Å². The van der Waals surface area contributed by atoms with Crippen LogP contribution < -0.4 is 4.74 Å². The van der Waals surface area contributed by atoms with Crippen molar-refractivity contribution >= 4 is 17.6 Å². The molecule has 0 radical (unpaired) electrons. The summed E-state index contributed by atoms with van der Waals surface area (Å²) in [5.41, 5.74) is 1.20. The molecule has 2 aromatic carbocycles. The predicted molar refractivity (Wildman–Crippen MR) is 91.2 cm³/mol. The fourth-order valence-corrected chi connectivity index (χ4v) is 2.34. The molecule has 0 saturated heterocycles. The molecule has 0 bridgehead atoms. The number of aromatic nitrogens is 2. The minimum atomic E-state index is -0.541. The van der Waals surface area contributed by atoms with Gasteiger partial charge in [-0.15, -0.1) is 0 Å². The maximum Gasteiger partial charge on any atom is 0.310 e. The van der Waals surface area contributed by atoms with E-state index in [0.29, 0.717) is 16.4 Å². The van der Waals surface area contributed by atoms with Crippen molar-refractivity contribution in [2.45, 2.75) is 13.0 Å². The van der Waals surface area contributed by atoms with Crippen LogP contribution in [0, 0.1) is 5.82 Å². The number of benzene rings is 2. The largest absolute Gasteiger partial charge is 0.494 e. The van der Waals surface area contributed by atoms with Gasteiger partial charge in [-0.25, -0.2) is 4.39 Å². The van der Waals surface area contributed by atoms with Crippen molar-refractivity contribution < 1.29 is 23.2 Å². The molecule has 0 atom stereocenters. The summed E-state index contributed by atoms with van der Waals surface area (Å²) in [7, 11) is 1.37. The highest BCUT2D eigenvalue weighted by Gasteiger charge is 2.13. The first-order valence-electron chi connectivity index (χ1n) is 7.61. The van der Waals surface area contributed by atoms with Crippen molar-refractivity contribution in [1.82, 2.24) is 10.1 Å². The van der Waals surface area contributed by atoms with Crippen LogP contribution in [0.3, 0.4) is 0 Å². The topological polar surface area (TPSA) is 74.5 Å². The van der Waals surface area contributed by atoms with E-state index in [1.165, 1.54) is 19.2 Å². The molecule has 0 unspecified atom stereocenters. The summed E-state index contributed by atoms with van der Waals surface area (Å²) in [6.45, 7) is -0.169. The Bertz CT molecular complexity index is 912. The fourth-order valence-electron chi connectivity index (χ4n) is 2.21. The summed E-state index contributed by atoms with van der Waals surface area (Å²) in [4.78, 5) is 16.0. The third-order valence-electron chi connectivity index (χ3n) is 3.49. The Labute approximate surface area is 153 Å². The van der Waals surface area contributed by atoms with Gasteiger partial charge in [-0.2, -0.15) is 4.98 Å². The zero-order valence-electron chi connectivity index (χ0n) is 13.7. The molecule has 134 valence electrons. The maximum atomic E-state index is 13.6. The average Bonchev–Trinajstić information content (AvgIpc) is 3.10. The lowest BCUT2D eigenvalue weighted by atomic mass is 10.1. The number of carbonyl (C=O) groups excluding carboxylic acids is 1. The molecular weight excluding hydrogens is 363 g/mol. The van der Waals surface area contributed by atoms with Gasteiger partial charge in [0.1, 0.15) is 0 Å². The highest BCUT2D eigenvalue weighted by molar-refractivity contribution is 6.30. The Kier molecular flexibility index (Phi) is 5.48. The van der Waals surface area contributed by atoms with Gasteiger partial charge in [0.2, 0.25) is 5.82 Å². The van der Waals surface area contributed by atoms with E-state index in [2.05, 4.69) is 10.1 Å². The number of hydrogen-bond donors (Lipinski definition) is 0. The van der Waals surface area contributed by atoms with Crippen molar-refractivity contribution in [2.24, 2.45) is 0 Å². The molecular formula is C18H14ClFN2O4. The number of methoxy groups -OCH3 is 1. The van der Waals surface area contributed by atoms with Crippen molar-refractivity contribution in [3.8, 4) is 17.1 Å². The van der Waals surface area contributed by atoms with Crippen molar-refractivity contribution in [3.05, 3.63) is 64.8 Å². The van der Waals surface area contributed by atoms with Gasteiger partial charge < -0.3 is 14.0 Å². The SMILES string of the molecule is COc1ccc(CC(=O)OCc2nc(-c3ccc(Cl)cc3)no2)cc1F. The average molecular weight is 377 g/mol. The smallest absolute Gasteiger partial charge is 0.310 e. The molecule has 8 heteroatoms. The van der Waals surface area contributed by atoms with Crippen LogP contribution in [0.5, 0.6) is 5.75 Å². The van der Waals surface area contributed by atoms with Crippen molar-refractivity contribution in [1.29, 1.82) is 0 Å². The first kappa shape index (κ1) is 17.9. The summed E-state index contributed by atoms with van der Waals surface area (Å²) >= 11 is 5.83. The second-order valence-electron chi connectivity index (χ2n) is 5.32. The molecule has 1 aromatic heterocycles. The number of hydrogen-bond acceptors (Lipinski definition) is 6. The fraction of sp³-hybridized carbons (Fsp3) is 0.167. The van der Waals surface area contributed by atoms with Gasteiger partial charge in [0.05, 0.1) is 13.5 Å². The van der Waals surface area contributed by atoms with Crippen LogP contribution in [0.1, 0.15) is 11.5 Å². The van der Waals surface area contributed by atoms with E-state index < -0.39 is 11.8 Å². The number of esters is 1. The molecule has 0 saturated carbocycles. The molecule has 3 aromatic rings. The van der Waals surface area contributed by atoms with Gasteiger partial charge in [-0.05, 0) is 42.0 Å². The van der Waals surface area contributed by atoms with Crippen LogP contribution in [0.2, 0.25) is 5.02 Å². The van der Waals surface area contributed by atoms with Crippen LogP contribution in [0.15, 0.2) is 47.0 Å². The number of nitrogens with zero attached hydrogens (tertiary/aromatic N) is 2. The van der Waals surface area contributed by atoms with Crippen LogP contribution in [0.4, 0.5) is 4.39 Å². The summed E-state index contributed by atoms with van der Waals surface area (Å²) < 4.78 is 28.6.